The lowest BCUT2D eigenvalue weighted by atomic mass is 9.90. The van der Waals surface area contributed by atoms with Gasteiger partial charge >= 0.3 is 0 Å². The highest BCUT2D eigenvalue weighted by atomic mass is 79.9. The van der Waals surface area contributed by atoms with Crippen LogP contribution in [0, 0.1) is 0 Å². The summed E-state index contributed by atoms with van der Waals surface area (Å²) in [4.78, 5) is 11.7. The van der Waals surface area contributed by atoms with Gasteiger partial charge in [0.2, 0.25) is 0 Å². The summed E-state index contributed by atoms with van der Waals surface area (Å²) < 4.78 is 12.4. The summed E-state index contributed by atoms with van der Waals surface area (Å²) in [6.45, 7) is 1.43. The van der Waals surface area contributed by atoms with Crippen LogP contribution >= 0.6 is 27.3 Å². The Kier molecular flexibility index (Phi) is 3.93. The quantitative estimate of drug-likeness (QED) is 0.852. The van der Waals surface area contributed by atoms with E-state index < -0.39 is 0 Å². The summed E-state index contributed by atoms with van der Waals surface area (Å²) >= 11 is 4.88. The zero-order chi connectivity index (χ0) is 13.3. The fraction of sp³-hybridized carbons (Fsp3) is 0.615. The number of thiophene rings is 1. The van der Waals surface area contributed by atoms with Crippen LogP contribution in [-0.4, -0.2) is 31.3 Å². The molecular formula is C13H16BrNO3S. The molecule has 1 spiro atoms. The van der Waals surface area contributed by atoms with E-state index in [4.69, 9.17) is 9.47 Å². The van der Waals surface area contributed by atoms with Crippen molar-refractivity contribution in [2.75, 3.05) is 18.5 Å². The lowest BCUT2D eigenvalue weighted by Gasteiger charge is -2.35. The van der Waals surface area contributed by atoms with Gasteiger partial charge < -0.3 is 14.8 Å². The van der Waals surface area contributed by atoms with Crippen LogP contribution in [0.15, 0.2) is 9.85 Å². The molecule has 19 heavy (non-hydrogen) atoms. The number of anilines is 1. The van der Waals surface area contributed by atoms with Crippen LogP contribution in [0.25, 0.3) is 0 Å². The van der Waals surface area contributed by atoms with Crippen LogP contribution in [0.3, 0.4) is 0 Å². The molecule has 1 saturated heterocycles. The summed E-state index contributed by atoms with van der Waals surface area (Å²) in [6.07, 6.45) is 4.77. The Balaban J connectivity index is 1.61. The SMILES string of the molecule is O=Cc1sc(Br)cc1NC1CCC2(CC1)OCCO2. The molecule has 0 unspecified atom stereocenters. The molecule has 0 atom stereocenters. The number of halogens is 1. The summed E-state index contributed by atoms with van der Waals surface area (Å²) in [7, 11) is 0. The van der Waals surface area contributed by atoms with Crippen LogP contribution in [-0.2, 0) is 9.47 Å². The molecule has 1 aromatic heterocycles. The van der Waals surface area contributed by atoms with E-state index in [2.05, 4.69) is 21.2 Å². The Labute approximate surface area is 124 Å². The Morgan fingerprint density at radius 2 is 2.05 bits per heavy atom. The highest BCUT2D eigenvalue weighted by Gasteiger charge is 2.40. The molecule has 2 heterocycles. The summed E-state index contributed by atoms with van der Waals surface area (Å²) in [5.41, 5.74) is 0.932. The van der Waals surface area contributed by atoms with Gasteiger partial charge in [0.25, 0.3) is 0 Å². The van der Waals surface area contributed by atoms with E-state index in [9.17, 15) is 4.79 Å². The number of carbonyl (C=O) groups excluding carboxylic acids is 1. The van der Waals surface area contributed by atoms with E-state index >= 15 is 0 Å². The maximum Gasteiger partial charge on any atom is 0.168 e. The van der Waals surface area contributed by atoms with E-state index in [1.807, 2.05) is 6.07 Å². The van der Waals surface area contributed by atoms with Crippen LogP contribution in [0.2, 0.25) is 0 Å². The molecule has 2 fully saturated rings. The van der Waals surface area contributed by atoms with Gasteiger partial charge in [0.1, 0.15) is 0 Å². The van der Waals surface area contributed by atoms with Gasteiger partial charge in [-0.3, -0.25) is 4.79 Å². The first-order valence-corrected chi connectivity index (χ1v) is 8.11. The fourth-order valence-corrected chi connectivity index (χ4v) is 4.20. The van der Waals surface area contributed by atoms with E-state index in [1.165, 1.54) is 11.3 Å². The highest BCUT2D eigenvalue weighted by molar-refractivity contribution is 9.11. The van der Waals surface area contributed by atoms with Crippen LogP contribution in [0.5, 0.6) is 0 Å². The zero-order valence-electron chi connectivity index (χ0n) is 10.5. The minimum absolute atomic E-state index is 0.319. The van der Waals surface area contributed by atoms with Crippen LogP contribution in [0.4, 0.5) is 5.69 Å². The van der Waals surface area contributed by atoms with Gasteiger partial charge in [0.15, 0.2) is 12.1 Å². The number of carbonyl (C=O) groups is 1. The minimum atomic E-state index is -0.319. The minimum Gasteiger partial charge on any atom is -0.381 e. The van der Waals surface area contributed by atoms with Gasteiger partial charge in [-0.25, -0.2) is 0 Å². The van der Waals surface area contributed by atoms with Crippen molar-refractivity contribution in [1.82, 2.24) is 0 Å². The monoisotopic (exact) mass is 345 g/mol. The molecule has 2 aliphatic rings. The van der Waals surface area contributed by atoms with Crippen molar-refractivity contribution in [3.63, 3.8) is 0 Å². The Hall–Kier alpha value is -0.430. The standard InChI is InChI=1S/C13H16BrNO3S/c14-12-7-10(11(8-16)19-12)15-9-1-3-13(4-2-9)17-5-6-18-13/h7-9,15H,1-6H2. The van der Waals surface area contributed by atoms with Crippen molar-refractivity contribution in [1.29, 1.82) is 0 Å². The number of nitrogens with one attached hydrogen (secondary N) is 1. The largest absolute Gasteiger partial charge is 0.381 e. The molecule has 6 heteroatoms. The molecule has 0 amide bonds. The molecule has 1 saturated carbocycles. The maximum absolute atomic E-state index is 11.0. The first-order chi connectivity index (χ1) is 9.21. The predicted molar refractivity (Wildman–Crippen MR) is 77.9 cm³/mol. The highest BCUT2D eigenvalue weighted by Crippen LogP contribution is 2.38. The third-order valence-corrected chi connectivity index (χ3v) is 5.32. The van der Waals surface area contributed by atoms with Crippen molar-refractivity contribution < 1.29 is 14.3 Å². The van der Waals surface area contributed by atoms with Gasteiger partial charge in [-0.15, -0.1) is 11.3 Å². The van der Waals surface area contributed by atoms with Crippen molar-refractivity contribution in [3.05, 3.63) is 14.7 Å². The van der Waals surface area contributed by atoms with Gasteiger partial charge in [-0.1, -0.05) is 0 Å². The smallest absolute Gasteiger partial charge is 0.168 e. The van der Waals surface area contributed by atoms with E-state index in [-0.39, 0.29) is 5.79 Å². The molecule has 0 bridgehead atoms. The molecule has 0 aromatic carbocycles. The second-order valence-corrected chi connectivity index (χ2v) is 7.44. The molecule has 1 N–H and O–H groups in total. The number of ether oxygens (including phenoxy) is 2. The van der Waals surface area contributed by atoms with Crippen LogP contribution < -0.4 is 5.32 Å². The second-order valence-electron chi connectivity index (χ2n) is 4.97. The summed E-state index contributed by atoms with van der Waals surface area (Å²) in [5.74, 6) is -0.319. The fourth-order valence-electron chi connectivity index (χ4n) is 2.78. The third kappa shape index (κ3) is 2.86. The first-order valence-electron chi connectivity index (χ1n) is 6.50. The van der Waals surface area contributed by atoms with E-state index in [1.54, 1.807) is 0 Å². The van der Waals surface area contributed by atoms with Crippen LogP contribution in [0.1, 0.15) is 35.4 Å². The summed E-state index contributed by atoms with van der Waals surface area (Å²) in [6, 6.07) is 2.36. The second kappa shape index (κ2) is 5.52. The van der Waals surface area contributed by atoms with Crippen molar-refractivity contribution >= 4 is 39.2 Å². The van der Waals surface area contributed by atoms with Gasteiger partial charge in [0.05, 0.1) is 27.6 Å². The average Bonchev–Trinajstić information content (AvgIpc) is 3.00. The number of hydrogen-bond acceptors (Lipinski definition) is 5. The molecule has 3 rings (SSSR count). The van der Waals surface area contributed by atoms with Gasteiger partial charge in [0, 0.05) is 18.9 Å². The number of aldehydes is 1. The average molecular weight is 346 g/mol. The molecule has 4 nitrogen and oxygen atoms in total. The molecule has 0 radical (unpaired) electrons. The Morgan fingerprint density at radius 3 is 2.68 bits per heavy atom. The normalized spacial score (nSPS) is 22.8. The van der Waals surface area contributed by atoms with E-state index in [0.717, 1.165) is 46.3 Å². The third-order valence-electron chi connectivity index (χ3n) is 3.76. The summed E-state index contributed by atoms with van der Waals surface area (Å²) in [5, 5.41) is 3.47. The number of hydrogen-bond donors (Lipinski definition) is 1. The molecule has 1 aliphatic heterocycles. The van der Waals surface area contributed by atoms with Crippen molar-refractivity contribution in [3.8, 4) is 0 Å². The number of rotatable bonds is 3. The first kappa shape index (κ1) is 13.5. The predicted octanol–water partition coefficient (Wildman–Crippen LogP) is 3.42. The van der Waals surface area contributed by atoms with Crippen molar-refractivity contribution in [2.24, 2.45) is 0 Å². The van der Waals surface area contributed by atoms with Gasteiger partial charge in [-0.05, 0) is 34.8 Å². The zero-order valence-corrected chi connectivity index (χ0v) is 12.9. The topological polar surface area (TPSA) is 47.6 Å². The molecular weight excluding hydrogens is 330 g/mol. The molecule has 1 aliphatic carbocycles. The van der Waals surface area contributed by atoms with E-state index in [0.29, 0.717) is 19.3 Å². The molecule has 1 aromatic rings. The maximum atomic E-state index is 11.0. The van der Waals surface area contributed by atoms with Gasteiger partial charge in [-0.2, -0.15) is 0 Å². The molecule has 104 valence electrons. The lowest BCUT2D eigenvalue weighted by molar-refractivity contribution is -0.177. The Morgan fingerprint density at radius 1 is 1.37 bits per heavy atom. The van der Waals surface area contributed by atoms with Crippen molar-refractivity contribution in [2.45, 2.75) is 37.5 Å². The lowest BCUT2D eigenvalue weighted by Crippen LogP contribution is -2.39. The Bertz CT molecular complexity index is 460.